The zero-order valence-corrected chi connectivity index (χ0v) is 10.8. The molecule has 0 aromatic rings. The third-order valence-electron chi connectivity index (χ3n) is 1.85. The van der Waals surface area contributed by atoms with E-state index in [2.05, 4.69) is 17.6 Å². The van der Waals surface area contributed by atoms with Gasteiger partial charge < -0.3 is 10.6 Å². The highest BCUT2D eigenvalue weighted by molar-refractivity contribution is 7.80. The van der Waals surface area contributed by atoms with Crippen molar-refractivity contribution in [3.05, 3.63) is 0 Å². The Kier molecular flexibility index (Phi) is 7.03. The molecule has 0 aromatic heterocycles. The van der Waals surface area contributed by atoms with Gasteiger partial charge in [0.1, 0.15) is 0 Å². The summed E-state index contributed by atoms with van der Waals surface area (Å²) in [6.07, 6.45) is 1.99. The lowest BCUT2D eigenvalue weighted by atomic mass is 10.3. The molecule has 4 nitrogen and oxygen atoms in total. The third-order valence-corrected chi connectivity index (χ3v) is 2.28. The van der Waals surface area contributed by atoms with Crippen LogP contribution in [-0.4, -0.2) is 35.7 Å². The minimum absolute atomic E-state index is 0.126. The van der Waals surface area contributed by atoms with Crippen molar-refractivity contribution in [3.63, 3.8) is 0 Å². The third kappa shape index (κ3) is 5.57. The number of urea groups is 1. The fourth-order valence-corrected chi connectivity index (χ4v) is 1.25. The standard InChI is InChI=1S/C10H21N3OS/c1-5-6-7-13(10(15)11-4)9(14)12-8(2)3/h8H,5-7H2,1-4H3,(H,11,15)(H,12,14). The van der Waals surface area contributed by atoms with Crippen molar-refractivity contribution in [1.29, 1.82) is 0 Å². The molecule has 0 aromatic carbocycles. The highest BCUT2D eigenvalue weighted by atomic mass is 32.1. The van der Waals surface area contributed by atoms with Gasteiger partial charge in [-0.3, -0.25) is 4.90 Å². The Morgan fingerprint density at radius 1 is 1.47 bits per heavy atom. The Bertz CT molecular complexity index is 219. The van der Waals surface area contributed by atoms with E-state index in [4.69, 9.17) is 12.2 Å². The maximum absolute atomic E-state index is 11.7. The van der Waals surface area contributed by atoms with E-state index in [0.717, 1.165) is 12.8 Å². The first kappa shape index (κ1) is 14.2. The number of rotatable bonds is 4. The normalized spacial score (nSPS) is 9.93. The van der Waals surface area contributed by atoms with Gasteiger partial charge in [-0.15, -0.1) is 0 Å². The van der Waals surface area contributed by atoms with E-state index in [9.17, 15) is 4.79 Å². The van der Waals surface area contributed by atoms with Gasteiger partial charge in [0, 0.05) is 19.6 Å². The van der Waals surface area contributed by atoms with Gasteiger partial charge >= 0.3 is 6.03 Å². The van der Waals surface area contributed by atoms with Crippen molar-refractivity contribution in [2.45, 2.75) is 39.7 Å². The summed E-state index contributed by atoms with van der Waals surface area (Å²) in [7, 11) is 1.73. The molecule has 5 heteroatoms. The monoisotopic (exact) mass is 231 g/mol. The van der Waals surface area contributed by atoms with Crippen LogP contribution in [0, 0.1) is 0 Å². The molecule has 2 amide bonds. The Morgan fingerprint density at radius 2 is 2.07 bits per heavy atom. The molecule has 0 aliphatic heterocycles. The molecule has 0 unspecified atom stereocenters. The molecule has 0 saturated heterocycles. The topological polar surface area (TPSA) is 44.4 Å². The van der Waals surface area contributed by atoms with E-state index in [1.54, 1.807) is 11.9 Å². The smallest absolute Gasteiger partial charge is 0.323 e. The maximum atomic E-state index is 11.7. The van der Waals surface area contributed by atoms with Crippen molar-refractivity contribution in [2.75, 3.05) is 13.6 Å². The summed E-state index contributed by atoms with van der Waals surface area (Å²) >= 11 is 5.07. The highest BCUT2D eigenvalue weighted by Crippen LogP contribution is 1.98. The zero-order valence-electron chi connectivity index (χ0n) is 9.96. The van der Waals surface area contributed by atoms with E-state index in [1.165, 1.54) is 0 Å². The van der Waals surface area contributed by atoms with Crippen LogP contribution in [0.15, 0.2) is 0 Å². The summed E-state index contributed by atoms with van der Waals surface area (Å²) in [4.78, 5) is 13.3. The van der Waals surface area contributed by atoms with Crippen LogP contribution in [0.5, 0.6) is 0 Å². The van der Waals surface area contributed by atoms with Crippen LogP contribution in [0.4, 0.5) is 4.79 Å². The predicted molar refractivity (Wildman–Crippen MR) is 66.9 cm³/mol. The van der Waals surface area contributed by atoms with Gasteiger partial charge in [0.15, 0.2) is 5.11 Å². The van der Waals surface area contributed by atoms with E-state index < -0.39 is 0 Å². The first-order valence-corrected chi connectivity index (χ1v) is 5.73. The summed E-state index contributed by atoms with van der Waals surface area (Å²) in [6.45, 7) is 6.60. The van der Waals surface area contributed by atoms with Crippen molar-refractivity contribution < 1.29 is 4.79 Å². The van der Waals surface area contributed by atoms with E-state index in [1.807, 2.05) is 13.8 Å². The Balaban J connectivity index is 4.33. The number of amides is 2. The lowest BCUT2D eigenvalue weighted by Crippen LogP contribution is -2.49. The van der Waals surface area contributed by atoms with Gasteiger partial charge in [-0.05, 0) is 32.5 Å². The van der Waals surface area contributed by atoms with Crippen molar-refractivity contribution in [3.8, 4) is 0 Å². The molecule has 0 radical (unpaired) electrons. The van der Waals surface area contributed by atoms with Gasteiger partial charge in [0.05, 0.1) is 0 Å². The second-order valence-electron chi connectivity index (χ2n) is 3.66. The molecule has 0 aliphatic carbocycles. The Morgan fingerprint density at radius 3 is 2.47 bits per heavy atom. The molecular formula is C10H21N3OS. The molecule has 0 heterocycles. The maximum Gasteiger partial charge on any atom is 0.323 e. The lowest BCUT2D eigenvalue weighted by Gasteiger charge is -2.24. The summed E-state index contributed by atoms with van der Waals surface area (Å²) < 4.78 is 0. The average molecular weight is 231 g/mol. The summed E-state index contributed by atoms with van der Waals surface area (Å²) in [6, 6.07) is -0.000849. The first-order chi connectivity index (χ1) is 7.02. The summed E-state index contributed by atoms with van der Waals surface area (Å²) in [5.41, 5.74) is 0. The second-order valence-corrected chi connectivity index (χ2v) is 4.05. The SMILES string of the molecule is CCCCN(C(=O)NC(C)C)C(=S)NC. The fourth-order valence-electron chi connectivity index (χ4n) is 1.07. The molecular weight excluding hydrogens is 210 g/mol. The molecule has 0 fully saturated rings. The number of unbranched alkanes of at least 4 members (excludes halogenated alkanes) is 1. The van der Waals surface area contributed by atoms with Crippen LogP contribution in [0.1, 0.15) is 33.6 Å². The molecule has 88 valence electrons. The van der Waals surface area contributed by atoms with Gasteiger partial charge in [-0.1, -0.05) is 13.3 Å². The number of nitrogens with zero attached hydrogens (tertiary/aromatic N) is 1. The van der Waals surface area contributed by atoms with E-state index in [0.29, 0.717) is 11.7 Å². The summed E-state index contributed by atoms with van der Waals surface area (Å²) in [5, 5.41) is 6.12. The van der Waals surface area contributed by atoms with Crippen LogP contribution in [-0.2, 0) is 0 Å². The van der Waals surface area contributed by atoms with Gasteiger partial charge in [0.2, 0.25) is 0 Å². The number of thiocarbonyl (C=S) groups is 1. The predicted octanol–water partition coefficient (Wildman–Crippen LogP) is 1.71. The Labute approximate surface area is 97.4 Å². The molecule has 0 spiro atoms. The minimum atomic E-state index is -0.127. The van der Waals surface area contributed by atoms with Crippen LogP contribution < -0.4 is 10.6 Å². The molecule has 0 atom stereocenters. The molecule has 0 aliphatic rings. The van der Waals surface area contributed by atoms with Crippen LogP contribution in [0.25, 0.3) is 0 Å². The first-order valence-electron chi connectivity index (χ1n) is 5.32. The highest BCUT2D eigenvalue weighted by Gasteiger charge is 2.16. The molecule has 15 heavy (non-hydrogen) atoms. The fraction of sp³-hybridized carbons (Fsp3) is 0.800. The minimum Gasteiger partial charge on any atom is -0.365 e. The van der Waals surface area contributed by atoms with Crippen LogP contribution >= 0.6 is 12.2 Å². The van der Waals surface area contributed by atoms with Gasteiger partial charge in [-0.2, -0.15) is 0 Å². The summed E-state index contributed by atoms with van der Waals surface area (Å²) in [5.74, 6) is 0. The van der Waals surface area contributed by atoms with Crippen molar-refractivity contribution >= 4 is 23.4 Å². The van der Waals surface area contributed by atoms with Crippen LogP contribution in [0.2, 0.25) is 0 Å². The molecule has 0 saturated carbocycles. The van der Waals surface area contributed by atoms with Gasteiger partial charge in [-0.25, -0.2) is 4.79 Å². The molecule has 2 N–H and O–H groups in total. The van der Waals surface area contributed by atoms with Crippen LogP contribution in [0.3, 0.4) is 0 Å². The van der Waals surface area contributed by atoms with E-state index >= 15 is 0 Å². The quantitative estimate of drug-likeness (QED) is 0.724. The van der Waals surface area contributed by atoms with Crippen molar-refractivity contribution in [2.24, 2.45) is 0 Å². The lowest BCUT2D eigenvalue weighted by molar-refractivity contribution is 0.217. The average Bonchev–Trinajstić information content (AvgIpc) is 2.16. The number of carbonyl (C=O) groups excluding carboxylic acids is 1. The Hall–Kier alpha value is -0.840. The zero-order chi connectivity index (χ0) is 11.8. The number of carbonyl (C=O) groups is 1. The second kappa shape index (κ2) is 7.45. The van der Waals surface area contributed by atoms with Crippen molar-refractivity contribution in [1.82, 2.24) is 15.5 Å². The number of hydrogen-bond acceptors (Lipinski definition) is 2. The van der Waals surface area contributed by atoms with E-state index in [-0.39, 0.29) is 12.1 Å². The molecule has 0 rings (SSSR count). The number of hydrogen-bond donors (Lipinski definition) is 2. The molecule has 0 bridgehead atoms. The van der Waals surface area contributed by atoms with Gasteiger partial charge in [0.25, 0.3) is 0 Å². The number of nitrogens with one attached hydrogen (secondary N) is 2. The largest absolute Gasteiger partial charge is 0.365 e.